The minimum atomic E-state index is -1.01. The first-order chi connectivity index (χ1) is 10.6. The van der Waals surface area contributed by atoms with Gasteiger partial charge in [-0.25, -0.2) is 0 Å². The SMILES string of the molecule is CC1(C)C/C(=N/O)[C@H]([C@H](O)c2cccc([N+](=O)[O-])c2)C(C)(C)N1. The highest BCUT2D eigenvalue weighted by Crippen LogP contribution is 2.39. The fourth-order valence-electron chi connectivity index (χ4n) is 3.66. The molecule has 2 rings (SSSR count). The molecule has 23 heavy (non-hydrogen) atoms. The maximum absolute atomic E-state index is 10.9. The lowest BCUT2D eigenvalue weighted by Crippen LogP contribution is -2.64. The third-order valence-electron chi connectivity index (χ3n) is 4.29. The lowest BCUT2D eigenvalue weighted by molar-refractivity contribution is -0.385. The predicted molar refractivity (Wildman–Crippen MR) is 86.7 cm³/mol. The Bertz CT molecular complexity index is 640. The first kappa shape index (κ1) is 17.4. The number of nitrogens with zero attached hydrogens (tertiary/aromatic N) is 2. The number of aliphatic hydroxyl groups excluding tert-OH is 1. The number of rotatable bonds is 3. The highest BCUT2D eigenvalue weighted by Gasteiger charge is 2.47. The summed E-state index contributed by atoms with van der Waals surface area (Å²) in [4.78, 5) is 10.4. The summed E-state index contributed by atoms with van der Waals surface area (Å²) >= 11 is 0. The molecule has 7 heteroatoms. The zero-order valence-corrected chi connectivity index (χ0v) is 13.8. The van der Waals surface area contributed by atoms with E-state index < -0.39 is 22.5 Å². The van der Waals surface area contributed by atoms with Crippen LogP contribution in [0.2, 0.25) is 0 Å². The summed E-state index contributed by atoms with van der Waals surface area (Å²) in [5.41, 5.74) is 0.0146. The van der Waals surface area contributed by atoms with E-state index in [1.54, 1.807) is 12.1 Å². The molecular formula is C16H23N3O4. The average molecular weight is 321 g/mol. The summed E-state index contributed by atoms with van der Waals surface area (Å²) in [5.74, 6) is -0.498. The molecule has 0 bridgehead atoms. The Hall–Kier alpha value is -1.99. The van der Waals surface area contributed by atoms with Crippen molar-refractivity contribution >= 4 is 11.4 Å². The molecular weight excluding hydrogens is 298 g/mol. The molecule has 1 aliphatic rings. The van der Waals surface area contributed by atoms with Gasteiger partial charge in [0.15, 0.2) is 0 Å². The van der Waals surface area contributed by atoms with E-state index in [0.717, 1.165) is 0 Å². The lowest BCUT2D eigenvalue weighted by Gasteiger charge is -2.49. The molecule has 126 valence electrons. The fourth-order valence-corrected chi connectivity index (χ4v) is 3.66. The summed E-state index contributed by atoms with van der Waals surface area (Å²) in [5, 5.41) is 38.0. The van der Waals surface area contributed by atoms with Gasteiger partial charge in [0.2, 0.25) is 0 Å². The largest absolute Gasteiger partial charge is 0.411 e. The molecule has 1 heterocycles. The maximum atomic E-state index is 10.9. The van der Waals surface area contributed by atoms with Gasteiger partial charge in [0.25, 0.3) is 5.69 Å². The number of non-ortho nitro benzene ring substituents is 1. The predicted octanol–water partition coefficient (Wildman–Crippen LogP) is 2.63. The van der Waals surface area contributed by atoms with Crippen molar-refractivity contribution < 1.29 is 15.2 Å². The average Bonchev–Trinajstić information content (AvgIpc) is 2.43. The second-order valence-electron chi connectivity index (χ2n) is 7.27. The Morgan fingerprint density at radius 1 is 1.39 bits per heavy atom. The van der Waals surface area contributed by atoms with Crippen LogP contribution in [-0.4, -0.2) is 32.0 Å². The van der Waals surface area contributed by atoms with Crippen LogP contribution in [0.3, 0.4) is 0 Å². The van der Waals surface area contributed by atoms with E-state index in [1.165, 1.54) is 12.1 Å². The minimum absolute atomic E-state index is 0.0778. The highest BCUT2D eigenvalue weighted by molar-refractivity contribution is 5.90. The summed E-state index contributed by atoms with van der Waals surface area (Å²) in [6.45, 7) is 7.83. The number of oxime groups is 1. The van der Waals surface area contributed by atoms with Gasteiger partial charge in [-0.05, 0) is 33.3 Å². The summed E-state index contributed by atoms with van der Waals surface area (Å²) < 4.78 is 0. The third kappa shape index (κ3) is 3.51. The molecule has 0 unspecified atom stereocenters. The lowest BCUT2D eigenvalue weighted by atomic mass is 9.69. The summed E-state index contributed by atoms with van der Waals surface area (Å²) in [7, 11) is 0. The van der Waals surface area contributed by atoms with Gasteiger partial charge in [-0.3, -0.25) is 10.1 Å². The molecule has 1 aromatic carbocycles. The zero-order chi connectivity index (χ0) is 17.4. The molecule has 3 N–H and O–H groups in total. The van der Waals surface area contributed by atoms with E-state index in [4.69, 9.17) is 0 Å². The molecule has 0 aliphatic carbocycles. The number of benzene rings is 1. The van der Waals surface area contributed by atoms with Gasteiger partial charge >= 0.3 is 0 Å². The second-order valence-corrected chi connectivity index (χ2v) is 7.27. The molecule has 0 amide bonds. The van der Waals surface area contributed by atoms with Crippen LogP contribution in [0.5, 0.6) is 0 Å². The standard InChI is InChI=1S/C16H23N3O4/c1-15(2)9-12(17-21)13(16(3,4)18-15)14(20)10-6-5-7-11(8-10)19(22)23/h5-8,13-14,18,20-21H,9H2,1-4H3/b17-12-/t13-,14-/m1/s1. The van der Waals surface area contributed by atoms with Crippen molar-refractivity contribution in [3.8, 4) is 0 Å². The van der Waals surface area contributed by atoms with Crippen LogP contribution in [0.4, 0.5) is 5.69 Å². The molecule has 7 nitrogen and oxygen atoms in total. The van der Waals surface area contributed by atoms with Crippen molar-refractivity contribution in [2.75, 3.05) is 0 Å². The topological polar surface area (TPSA) is 108 Å². The second kappa shape index (κ2) is 5.90. The highest BCUT2D eigenvalue weighted by atomic mass is 16.6. The van der Waals surface area contributed by atoms with Crippen molar-refractivity contribution in [1.29, 1.82) is 0 Å². The molecule has 1 saturated heterocycles. The molecule has 0 saturated carbocycles. The number of nitrogens with one attached hydrogen (secondary N) is 1. The minimum Gasteiger partial charge on any atom is -0.411 e. The van der Waals surface area contributed by atoms with E-state index in [9.17, 15) is 20.4 Å². The van der Waals surface area contributed by atoms with Crippen molar-refractivity contribution in [3.05, 3.63) is 39.9 Å². The normalized spacial score (nSPS) is 26.0. The Kier molecular flexibility index (Phi) is 4.45. The van der Waals surface area contributed by atoms with E-state index >= 15 is 0 Å². The van der Waals surface area contributed by atoms with E-state index in [0.29, 0.717) is 17.7 Å². The van der Waals surface area contributed by atoms with Crippen LogP contribution < -0.4 is 5.32 Å². The Morgan fingerprint density at radius 2 is 2.04 bits per heavy atom. The van der Waals surface area contributed by atoms with Crippen LogP contribution in [0.1, 0.15) is 45.8 Å². The number of aliphatic hydroxyl groups is 1. The van der Waals surface area contributed by atoms with Gasteiger partial charge in [-0.2, -0.15) is 0 Å². The van der Waals surface area contributed by atoms with Crippen LogP contribution in [0.15, 0.2) is 29.4 Å². The molecule has 2 atom stereocenters. The first-order valence-corrected chi connectivity index (χ1v) is 7.50. The Morgan fingerprint density at radius 3 is 2.61 bits per heavy atom. The molecule has 1 fully saturated rings. The molecule has 1 aromatic rings. The molecule has 0 radical (unpaired) electrons. The van der Waals surface area contributed by atoms with Crippen LogP contribution in [0, 0.1) is 16.0 Å². The van der Waals surface area contributed by atoms with Gasteiger partial charge < -0.3 is 15.6 Å². The fraction of sp³-hybridized carbons (Fsp3) is 0.562. The smallest absolute Gasteiger partial charge is 0.269 e. The first-order valence-electron chi connectivity index (χ1n) is 7.50. The van der Waals surface area contributed by atoms with E-state index in [2.05, 4.69) is 10.5 Å². The van der Waals surface area contributed by atoms with Crippen molar-refractivity contribution in [3.63, 3.8) is 0 Å². The van der Waals surface area contributed by atoms with Crippen LogP contribution >= 0.6 is 0 Å². The van der Waals surface area contributed by atoms with Gasteiger partial charge in [-0.1, -0.05) is 17.3 Å². The zero-order valence-electron chi connectivity index (χ0n) is 13.8. The third-order valence-corrected chi connectivity index (χ3v) is 4.29. The number of hydrogen-bond donors (Lipinski definition) is 3. The number of hydrogen-bond acceptors (Lipinski definition) is 6. The Balaban J connectivity index is 2.42. The Labute approximate surface area is 135 Å². The molecule has 0 aromatic heterocycles. The summed E-state index contributed by atoms with van der Waals surface area (Å²) in [6, 6.07) is 5.92. The monoisotopic (exact) mass is 321 g/mol. The quantitative estimate of drug-likeness (QED) is 0.450. The van der Waals surface area contributed by atoms with Crippen molar-refractivity contribution in [2.45, 2.75) is 51.3 Å². The molecule has 0 spiro atoms. The van der Waals surface area contributed by atoms with E-state index in [-0.39, 0.29) is 11.2 Å². The van der Waals surface area contributed by atoms with Gasteiger partial charge in [0, 0.05) is 35.5 Å². The van der Waals surface area contributed by atoms with Gasteiger partial charge in [0.1, 0.15) is 0 Å². The van der Waals surface area contributed by atoms with Crippen molar-refractivity contribution in [1.82, 2.24) is 5.32 Å². The maximum Gasteiger partial charge on any atom is 0.269 e. The van der Waals surface area contributed by atoms with Crippen LogP contribution in [0.25, 0.3) is 0 Å². The van der Waals surface area contributed by atoms with Gasteiger partial charge in [0.05, 0.1) is 16.7 Å². The number of nitro groups is 1. The van der Waals surface area contributed by atoms with Crippen LogP contribution in [-0.2, 0) is 0 Å². The van der Waals surface area contributed by atoms with Crippen molar-refractivity contribution in [2.24, 2.45) is 11.1 Å². The number of piperidine rings is 1. The van der Waals surface area contributed by atoms with Gasteiger partial charge in [-0.15, -0.1) is 0 Å². The number of nitro benzene ring substituents is 1. The summed E-state index contributed by atoms with van der Waals surface area (Å²) in [6.07, 6.45) is -0.539. The van der Waals surface area contributed by atoms with E-state index in [1.807, 2.05) is 27.7 Å². The molecule has 1 aliphatic heterocycles.